The third-order valence-electron chi connectivity index (χ3n) is 3.33. The minimum absolute atomic E-state index is 0.107. The van der Waals surface area contributed by atoms with E-state index in [2.05, 4.69) is 11.9 Å². The third kappa shape index (κ3) is 4.81. The van der Waals surface area contributed by atoms with E-state index >= 15 is 0 Å². The van der Waals surface area contributed by atoms with E-state index in [0.717, 1.165) is 19.3 Å². The number of hydrogen-bond donors (Lipinski definition) is 2. The van der Waals surface area contributed by atoms with Gasteiger partial charge in [0.05, 0.1) is 0 Å². The minimum Gasteiger partial charge on any atom is -0.508 e. The number of nitrogens with zero attached hydrogens (tertiary/aromatic N) is 1. The van der Waals surface area contributed by atoms with Crippen molar-refractivity contribution in [1.82, 2.24) is 4.98 Å². The number of carboxylic acids is 1. The standard InChI is InChI=1S/C12H7NO3.C6H12O2/c14-7-1-3-9-11(5-7)16-12-6-8(15)2-4-10(12)13-9;1-2-3-4-5-6(7)8/h1-6,14H;2-5H2,1H3,(H,7,8). The van der Waals surface area contributed by atoms with E-state index in [0.29, 0.717) is 29.0 Å². The molecule has 0 aromatic heterocycles. The van der Waals surface area contributed by atoms with E-state index in [-0.39, 0.29) is 11.2 Å². The average molecular weight is 329 g/mol. The normalized spacial score (nSPS) is 10.4. The molecule has 0 bridgehead atoms. The van der Waals surface area contributed by atoms with Crippen LogP contribution >= 0.6 is 0 Å². The first-order valence-electron chi connectivity index (χ1n) is 7.75. The number of benzene rings is 2. The number of fused-ring (bicyclic) bond motifs is 2. The molecule has 2 aliphatic rings. The van der Waals surface area contributed by atoms with Crippen molar-refractivity contribution in [2.75, 3.05) is 0 Å². The van der Waals surface area contributed by atoms with Crippen molar-refractivity contribution in [3.8, 4) is 17.2 Å². The molecule has 6 heteroatoms. The summed E-state index contributed by atoms with van der Waals surface area (Å²) in [5.41, 5.74) is 1.59. The van der Waals surface area contributed by atoms with Crippen LogP contribution in [0, 0.1) is 0 Å². The van der Waals surface area contributed by atoms with Crippen LogP contribution in [-0.4, -0.2) is 21.2 Å². The van der Waals surface area contributed by atoms with Gasteiger partial charge in [-0.1, -0.05) is 19.8 Å². The smallest absolute Gasteiger partial charge is 0.303 e. The Kier molecular flexibility index (Phi) is 5.89. The molecule has 0 saturated heterocycles. The lowest BCUT2D eigenvalue weighted by molar-refractivity contribution is -0.137. The summed E-state index contributed by atoms with van der Waals surface area (Å²) < 4.78 is 5.49. The number of aromatic nitrogens is 1. The summed E-state index contributed by atoms with van der Waals surface area (Å²) in [6.07, 6.45) is 3.28. The second-order valence-electron chi connectivity index (χ2n) is 5.35. The maximum absolute atomic E-state index is 11.1. The molecule has 0 radical (unpaired) electrons. The molecule has 6 nitrogen and oxygen atoms in total. The molecule has 1 aromatic rings. The molecule has 126 valence electrons. The number of aliphatic carboxylic acids is 1. The Balaban J connectivity index is 0.000000224. The molecule has 0 unspecified atom stereocenters. The molecule has 1 aliphatic carbocycles. The van der Waals surface area contributed by atoms with Gasteiger partial charge in [-0.3, -0.25) is 9.59 Å². The first kappa shape index (κ1) is 17.5. The quantitative estimate of drug-likeness (QED) is 0.560. The molecule has 0 saturated carbocycles. The Morgan fingerprint density at radius 1 is 1.17 bits per heavy atom. The predicted molar refractivity (Wildman–Crippen MR) is 90.3 cm³/mol. The number of carbonyl (C=O) groups is 1. The fourth-order valence-corrected chi connectivity index (χ4v) is 2.12. The van der Waals surface area contributed by atoms with Crippen molar-refractivity contribution in [2.24, 2.45) is 0 Å². The van der Waals surface area contributed by atoms with Gasteiger partial charge in [0.1, 0.15) is 17.0 Å². The average Bonchev–Trinajstić information content (AvgIpc) is 2.53. The van der Waals surface area contributed by atoms with Gasteiger partial charge in [0.2, 0.25) is 0 Å². The van der Waals surface area contributed by atoms with Gasteiger partial charge >= 0.3 is 5.97 Å². The van der Waals surface area contributed by atoms with E-state index < -0.39 is 5.97 Å². The fourth-order valence-electron chi connectivity index (χ4n) is 2.12. The summed E-state index contributed by atoms with van der Waals surface area (Å²) in [5, 5.41) is 17.4. The Morgan fingerprint density at radius 3 is 2.67 bits per heavy atom. The third-order valence-corrected chi connectivity index (χ3v) is 3.33. The van der Waals surface area contributed by atoms with E-state index in [4.69, 9.17) is 9.52 Å². The molecule has 0 amide bonds. The first-order chi connectivity index (χ1) is 11.5. The van der Waals surface area contributed by atoms with Crippen LogP contribution in [0.5, 0.6) is 5.75 Å². The summed E-state index contributed by atoms with van der Waals surface area (Å²) >= 11 is 0. The van der Waals surface area contributed by atoms with Crippen molar-refractivity contribution >= 4 is 17.1 Å². The molecule has 0 spiro atoms. The number of phenolic OH excluding ortho intramolecular Hbond substituents is 1. The number of carboxylic acid groups (broad SMARTS) is 1. The van der Waals surface area contributed by atoms with E-state index in [1.54, 1.807) is 18.2 Å². The Hall–Kier alpha value is -2.89. The van der Waals surface area contributed by atoms with E-state index in [1.165, 1.54) is 18.2 Å². The fraction of sp³-hybridized carbons (Fsp3) is 0.278. The van der Waals surface area contributed by atoms with Crippen LogP contribution in [0.2, 0.25) is 0 Å². The van der Waals surface area contributed by atoms with Gasteiger partial charge in [0.25, 0.3) is 0 Å². The van der Waals surface area contributed by atoms with Crippen LogP contribution in [0.15, 0.2) is 45.6 Å². The first-order valence-corrected chi connectivity index (χ1v) is 7.75. The van der Waals surface area contributed by atoms with Gasteiger partial charge in [-0.25, -0.2) is 4.98 Å². The van der Waals surface area contributed by atoms with Crippen molar-refractivity contribution < 1.29 is 19.4 Å². The van der Waals surface area contributed by atoms with Crippen LogP contribution < -0.4 is 5.43 Å². The molecule has 1 heterocycles. The van der Waals surface area contributed by atoms with Gasteiger partial charge in [0.15, 0.2) is 16.8 Å². The molecule has 1 aliphatic heterocycles. The molecule has 1 aromatic carbocycles. The molecule has 0 fully saturated rings. The molecule has 3 rings (SSSR count). The van der Waals surface area contributed by atoms with Crippen LogP contribution in [0.4, 0.5) is 0 Å². The zero-order valence-electron chi connectivity index (χ0n) is 13.4. The Labute approximate surface area is 138 Å². The van der Waals surface area contributed by atoms with Gasteiger partial charge in [0, 0.05) is 18.6 Å². The van der Waals surface area contributed by atoms with Gasteiger partial charge in [-0.15, -0.1) is 0 Å². The molecule has 24 heavy (non-hydrogen) atoms. The number of hydrogen-bond acceptors (Lipinski definition) is 5. The number of aromatic hydroxyl groups is 1. The van der Waals surface area contributed by atoms with Crippen LogP contribution in [0.1, 0.15) is 32.6 Å². The van der Waals surface area contributed by atoms with Crippen molar-refractivity contribution in [3.63, 3.8) is 0 Å². The maximum Gasteiger partial charge on any atom is 0.303 e. The largest absolute Gasteiger partial charge is 0.508 e. The zero-order chi connectivity index (χ0) is 17.5. The summed E-state index contributed by atoms with van der Waals surface area (Å²) in [4.78, 5) is 25.3. The van der Waals surface area contributed by atoms with E-state index in [9.17, 15) is 14.7 Å². The highest BCUT2D eigenvalue weighted by Crippen LogP contribution is 2.25. The Morgan fingerprint density at radius 2 is 1.96 bits per heavy atom. The maximum atomic E-state index is 11.1. The Bertz CT molecular complexity index is 856. The molecule has 2 N–H and O–H groups in total. The number of rotatable bonds is 4. The molecule has 0 atom stereocenters. The summed E-state index contributed by atoms with van der Waals surface area (Å²) in [7, 11) is 0. The van der Waals surface area contributed by atoms with Crippen LogP contribution in [0.3, 0.4) is 0 Å². The minimum atomic E-state index is -0.682. The van der Waals surface area contributed by atoms with Gasteiger partial charge < -0.3 is 14.6 Å². The van der Waals surface area contributed by atoms with Crippen molar-refractivity contribution in [1.29, 1.82) is 0 Å². The lowest BCUT2D eigenvalue weighted by atomic mass is 10.2. The number of phenols is 1. The highest BCUT2D eigenvalue weighted by atomic mass is 16.4. The summed E-state index contributed by atoms with van der Waals surface area (Å²) in [5.74, 6) is -0.153. The second kappa shape index (κ2) is 8.10. The van der Waals surface area contributed by atoms with Crippen molar-refractivity contribution in [2.45, 2.75) is 32.6 Å². The topological polar surface area (TPSA) is 101 Å². The van der Waals surface area contributed by atoms with Crippen molar-refractivity contribution in [3.05, 3.63) is 46.6 Å². The lowest BCUT2D eigenvalue weighted by Gasteiger charge is -2.05. The lowest BCUT2D eigenvalue weighted by Crippen LogP contribution is -1.99. The van der Waals surface area contributed by atoms with E-state index in [1.807, 2.05) is 0 Å². The highest BCUT2D eigenvalue weighted by Gasteiger charge is 2.09. The highest BCUT2D eigenvalue weighted by molar-refractivity contribution is 5.77. The molecular formula is C18H19NO5. The summed E-state index contributed by atoms with van der Waals surface area (Å²) in [6.45, 7) is 2.06. The van der Waals surface area contributed by atoms with Gasteiger partial charge in [-0.05, 0) is 30.7 Å². The molecular weight excluding hydrogens is 310 g/mol. The predicted octanol–water partition coefficient (Wildman–Crippen LogP) is 3.65. The zero-order valence-corrected chi connectivity index (χ0v) is 13.4. The van der Waals surface area contributed by atoms with Crippen LogP contribution in [-0.2, 0) is 4.79 Å². The van der Waals surface area contributed by atoms with Crippen LogP contribution in [0.25, 0.3) is 22.6 Å². The monoisotopic (exact) mass is 329 g/mol. The number of unbranched alkanes of at least 4 members (excludes halogenated alkanes) is 2. The second-order valence-corrected chi connectivity index (χ2v) is 5.35. The SMILES string of the molecule is CCCCCC(=O)O.O=c1ccc2nc3ccc(O)cc3oc-2c1. The summed E-state index contributed by atoms with van der Waals surface area (Å²) in [6, 6.07) is 9.12. The van der Waals surface area contributed by atoms with Gasteiger partial charge in [-0.2, -0.15) is 0 Å².